The van der Waals surface area contributed by atoms with E-state index in [4.69, 9.17) is 10.5 Å². The normalized spacial score (nSPS) is 20.5. The van der Waals surface area contributed by atoms with Gasteiger partial charge in [0.2, 0.25) is 0 Å². The number of carbonyl (C=O) groups excluding carboxylic acids is 1. The average molecular weight is 368 g/mol. The van der Waals surface area contributed by atoms with E-state index in [9.17, 15) is 9.90 Å². The SMILES string of the molecule is CC(CCc1ccccc1)N1CC(c2ccc(O)c(C(N)=O)c2)OC1(C)C. The predicted molar refractivity (Wildman–Crippen MR) is 105 cm³/mol. The number of benzene rings is 2. The topological polar surface area (TPSA) is 75.8 Å². The van der Waals surface area contributed by atoms with Crippen molar-refractivity contribution in [1.82, 2.24) is 4.90 Å². The zero-order chi connectivity index (χ0) is 19.6. The summed E-state index contributed by atoms with van der Waals surface area (Å²) in [4.78, 5) is 13.9. The number of aromatic hydroxyl groups is 1. The first-order valence-corrected chi connectivity index (χ1v) is 9.39. The monoisotopic (exact) mass is 368 g/mol. The van der Waals surface area contributed by atoms with Crippen molar-refractivity contribution in [1.29, 1.82) is 0 Å². The van der Waals surface area contributed by atoms with Crippen LogP contribution in [0.25, 0.3) is 0 Å². The van der Waals surface area contributed by atoms with Crippen LogP contribution in [-0.4, -0.2) is 34.2 Å². The molecule has 1 amide bonds. The third-order valence-electron chi connectivity index (χ3n) is 5.37. The summed E-state index contributed by atoms with van der Waals surface area (Å²) in [5, 5.41) is 9.82. The van der Waals surface area contributed by atoms with Crippen molar-refractivity contribution in [3.05, 3.63) is 65.2 Å². The van der Waals surface area contributed by atoms with Crippen LogP contribution in [0.15, 0.2) is 48.5 Å². The molecule has 0 aliphatic carbocycles. The van der Waals surface area contributed by atoms with Gasteiger partial charge in [0, 0.05) is 12.6 Å². The minimum absolute atomic E-state index is 0.100. The molecule has 0 aromatic heterocycles. The van der Waals surface area contributed by atoms with Crippen molar-refractivity contribution in [2.75, 3.05) is 6.54 Å². The van der Waals surface area contributed by atoms with E-state index in [1.54, 1.807) is 12.1 Å². The van der Waals surface area contributed by atoms with Crippen LogP contribution in [0.1, 0.15) is 54.8 Å². The van der Waals surface area contributed by atoms with Gasteiger partial charge in [-0.1, -0.05) is 36.4 Å². The van der Waals surface area contributed by atoms with E-state index in [2.05, 4.69) is 49.9 Å². The maximum absolute atomic E-state index is 11.5. The fraction of sp³-hybridized carbons (Fsp3) is 0.409. The van der Waals surface area contributed by atoms with Gasteiger partial charge in [0.1, 0.15) is 11.5 Å². The highest BCUT2D eigenvalue weighted by Crippen LogP contribution is 2.38. The third-order valence-corrected chi connectivity index (χ3v) is 5.37. The Balaban J connectivity index is 1.71. The van der Waals surface area contributed by atoms with Gasteiger partial charge in [-0.25, -0.2) is 0 Å². The molecule has 1 fully saturated rings. The Morgan fingerprint density at radius 2 is 2.00 bits per heavy atom. The second-order valence-corrected chi connectivity index (χ2v) is 7.72. The van der Waals surface area contributed by atoms with Gasteiger partial charge in [-0.05, 0) is 56.9 Å². The van der Waals surface area contributed by atoms with Crippen molar-refractivity contribution in [3.8, 4) is 5.75 Å². The first-order valence-electron chi connectivity index (χ1n) is 9.39. The second-order valence-electron chi connectivity index (χ2n) is 7.72. The fourth-order valence-electron chi connectivity index (χ4n) is 3.86. The Kier molecular flexibility index (Phi) is 5.53. The van der Waals surface area contributed by atoms with Gasteiger partial charge in [0.25, 0.3) is 5.91 Å². The van der Waals surface area contributed by atoms with Gasteiger partial charge in [-0.15, -0.1) is 0 Å². The summed E-state index contributed by atoms with van der Waals surface area (Å²) in [6, 6.07) is 15.8. The number of hydrogen-bond acceptors (Lipinski definition) is 4. The zero-order valence-corrected chi connectivity index (χ0v) is 16.2. The van der Waals surface area contributed by atoms with Crippen LogP contribution in [-0.2, 0) is 11.2 Å². The zero-order valence-electron chi connectivity index (χ0n) is 16.2. The predicted octanol–water partition coefficient (Wildman–Crippen LogP) is 3.62. The lowest BCUT2D eigenvalue weighted by molar-refractivity contribution is -0.0883. The van der Waals surface area contributed by atoms with E-state index in [0.717, 1.165) is 24.9 Å². The molecular weight excluding hydrogens is 340 g/mol. The molecule has 1 aliphatic heterocycles. The maximum atomic E-state index is 11.5. The number of primary amides is 1. The minimum Gasteiger partial charge on any atom is -0.507 e. The van der Waals surface area contributed by atoms with Crippen molar-refractivity contribution in [2.24, 2.45) is 5.73 Å². The number of amides is 1. The lowest BCUT2D eigenvalue weighted by Gasteiger charge is -2.35. The standard InChI is InChI=1S/C22H28N2O3/c1-15(9-10-16-7-5-4-6-8-16)24-14-20(27-22(24,2)3)17-11-12-19(25)18(13-17)21(23)26/h4-8,11-13,15,20,25H,9-10,14H2,1-3H3,(H2,23,26). The quantitative estimate of drug-likeness (QED) is 0.816. The Hall–Kier alpha value is -2.37. The van der Waals surface area contributed by atoms with Crippen LogP contribution in [0.4, 0.5) is 0 Å². The summed E-state index contributed by atoms with van der Waals surface area (Å²) in [6.07, 6.45) is 1.88. The molecule has 5 nitrogen and oxygen atoms in total. The molecule has 1 aliphatic rings. The molecule has 0 radical (unpaired) electrons. The molecule has 0 saturated carbocycles. The number of nitrogens with two attached hydrogens (primary N) is 1. The first-order chi connectivity index (χ1) is 12.8. The second kappa shape index (κ2) is 7.71. The van der Waals surface area contributed by atoms with E-state index in [1.807, 2.05) is 6.07 Å². The summed E-state index contributed by atoms with van der Waals surface area (Å²) in [5.74, 6) is -0.740. The van der Waals surface area contributed by atoms with Crippen molar-refractivity contribution in [2.45, 2.75) is 51.5 Å². The average Bonchev–Trinajstić information content (AvgIpc) is 2.96. The number of phenols is 1. The molecule has 2 unspecified atom stereocenters. The summed E-state index contributed by atoms with van der Waals surface area (Å²) in [7, 11) is 0. The number of rotatable bonds is 6. The van der Waals surface area contributed by atoms with Crippen LogP contribution < -0.4 is 5.73 Å². The van der Waals surface area contributed by atoms with E-state index < -0.39 is 11.6 Å². The van der Waals surface area contributed by atoms with Crippen LogP contribution in [0.5, 0.6) is 5.75 Å². The van der Waals surface area contributed by atoms with Crippen molar-refractivity contribution >= 4 is 5.91 Å². The van der Waals surface area contributed by atoms with Crippen molar-refractivity contribution < 1.29 is 14.6 Å². The molecule has 27 heavy (non-hydrogen) atoms. The van der Waals surface area contributed by atoms with E-state index in [-0.39, 0.29) is 17.4 Å². The highest BCUT2D eigenvalue weighted by atomic mass is 16.5. The Labute approximate surface area is 160 Å². The smallest absolute Gasteiger partial charge is 0.252 e. The summed E-state index contributed by atoms with van der Waals surface area (Å²) >= 11 is 0. The fourth-order valence-corrected chi connectivity index (χ4v) is 3.86. The van der Waals surface area contributed by atoms with E-state index in [0.29, 0.717) is 6.04 Å². The number of carbonyl (C=O) groups is 1. The third kappa shape index (κ3) is 4.31. The summed E-state index contributed by atoms with van der Waals surface area (Å²) < 4.78 is 6.29. The molecule has 2 aromatic carbocycles. The minimum atomic E-state index is -0.639. The molecule has 5 heteroatoms. The number of hydrogen-bond donors (Lipinski definition) is 2. The van der Waals surface area contributed by atoms with Gasteiger partial charge in [-0.3, -0.25) is 9.69 Å². The lowest BCUT2D eigenvalue weighted by atomic mass is 10.0. The maximum Gasteiger partial charge on any atom is 0.252 e. The van der Waals surface area contributed by atoms with Crippen LogP contribution in [0.3, 0.4) is 0 Å². The van der Waals surface area contributed by atoms with Crippen LogP contribution >= 0.6 is 0 Å². The van der Waals surface area contributed by atoms with Crippen LogP contribution in [0, 0.1) is 0 Å². The number of nitrogens with zero attached hydrogens (tertiary/aromatic N) is 1. The van der Waals surface area contributed by atoms with E-state index in [1.165, 1.54) is 11.6 Å². The molecule has 3 rings (SSSR count). The van der Waals surface area contributed by atoms with Gasteiger partial charge >= 0.3 is 0 Å². The largest absolute Gasteiger partial charge is 0.507 e. The number of ether oxygens (including phenoxy) is 1. The Morgan fingerprint density at radius 3 is 2.67 bits per heavy atom. The Morgan fingerprint density at radius 1 is 1.30 bits per heavy atom. The van der Waals surface area contributed by atoms with Gasteiger partial charge in [0.05, 0.1) is 11.7 Å². The Bertz CT molecular complexity index is 804. The molecule has 3 N–H and O–H groups in total. The molecule has 2 atom stereocenters. The molecular formula is C22H28N2O3. The van der Waals surface area contributed by atoms with Crippen molar-refractivity contribution in [3.63, 3.8) is 0 Å². The van der Waals surface area contributed by atoms with Gasteiger partial charge in [0.15, 0.2) is 0 Å². The highest BCUT2D eigenvalue weighted by molar-refractivity contribution is 5.95. The van der Waals surface area contributed by atoms with Gasteiger partial charge < -0.3 is 15.6 Å². The lowest BCUT2D eigenvalue weighted by Crippen LogP contribution is -2.45. The molecule has 0 bridgehead atoms. The molecule has 144 valence electrons. The molecule has 2 aromatic rings. The molecule has 1 saturated heterocycles. The molecule has 0 spiro atoms. The number of aryl methyl sites for hydroxylation is 1. The summed E-state index contributed by atoms with van der Waals surface area (Å²) in [6.45, 7) is 7.09. The van der Waals surface area contributed by atoms with E-state index >= 15 is 0 Å². The molecule has 1 heterocycles. The highest BCUT2D eigenvalue weighted by Gasteiger charge is 2.42. The van der Waals surface area contributed by atoms with Gasteiger partial charge in [-0.2, -0.15) is 0 Å². The first kappa shape index (κ1) is 19.4. The van der Waals surface area contributed by atoms with Crippen LogP contribution in [0.2, 0.25) is 0 Å². The summed E-state index contributed by atoms with van der Waals surface area (Å²) in [5.41, 5.74) is 7.26.